The van der Waals surface area contributed by atoms with Crippen LogP contribution < -0.4 is 9.47 Å². The van der Waals surface area contributed by atoms with E-state index in [2.05, 4.69) is 33.6 Å². The summed E-state index contributed by atoms with van der Waals surface area (Å²) in [6, 6.07) is 6.14. The third-order valence-electron chi connectivity index (χ3n) is 4.25. The zero-order chi connectivity index (χ0) is 18.2. The highest BCUT2D eigenvalue weighted by molar-refractivity contribution is 14.1. The molecule has 1 unspecified atom stereocenters. The molecule has 1 atom stereocenters. The Morgan fingerprint density at radius 2 is 2.04 bits per heavy atom. The minimum absolute atomic E-state index is 0.183. The van der Waals surface area contributed by atoms with Gasteiger partial charge in [-0.1, -0.05) is 12.1 Å². The van der Waals surface area contributed by atoms with Crippen molar-refractivity contribution < 1.29 is 19.0 Å². The molecule has 0 bridgehead atoms. The number of rotatable bonds is 8. The summed E-state index contributed by atoms with van der Waals surface area (Å²) in [6.45, 7) is 3.18. The number of ether oxygens (including phenoxy) is 3. The molecule has 1 aromatic rings. The van der Waals surface area contributed by atoms with Crippen LogP contribution in [0.1, 0.15) is 31.7 Å². The second-order valence-electron chi connectivity index (χ2n) is 5.94. The second kappa shape index (κ2) is 10.0. The van der Waals surface area contributed by atoms with Gasteiger partial charge in [-0.05, 0) is 66.5 Å². The molecule has 0 N–H and O–H groups in total. The minimum atomic E-state index is -0.183. The number of allylic oxidation sites excluding steroid dienone is 1. The van der Waals surface area contributed by atoms with Gasteiger partial charge < -0.3 is 14.2 Å². The van der Waals surface area contributed by atoms with Crippen LogP contribution >= 0.6 is 22.6 Å². The molecule has 138 valence electrons. The van der Waals surface area contributed by atoms with Crippen molar-refractivity contribution in [3.05, 3.63) is 33.4 Å². The molecule has 1 aliphatic carbocycles. The maximum atomic E-state index is 12.1. The van der Waals surface area contributed by atoms with Crippen molar-refractivity contribution in [2.45, 2.75) is 38.8 Å². The first-order valence-electron chi connectivity index (χ1n) is 8.55. The molecule has 0 amide bonds. The zero-order valence-electron chi connectivity index (χ0n) is 15.1. The molecular weight excluding hydrogens is 433 g/mol. The lowest BCUT2D eigenvalue weighted by Crippen LogP contribution is -2.40. The monoisotopic (exact) mass is 459 g/mol. The van der Waals surface area contributed by atoms with Gasteiger partial charge in [0.1, 0.15) is 0 Å². The van der Waals surface area contributed by atoms with Gasteiger partial charge in [-0.2, -0.15) is 0 Å². The molecule has 0 saturated heterocycles. The number of methoxy groups -OCH3 is 2. The Balaban J connectivity index is 2.21. The molecule has 0 aliphatic heterocycles. The lowest BCUT2D eigenvalue weighted by atomic mass is 10.0. The van der Waals surface area contributed by atoms with Crippen molar-refractivity contribution in [3.63, 3.8) is 0 Å². The predicted molar refractivity (Wildman–Crippen MR) is 106 cm³/mol. The molecule has 1 aromatic carbocycles. The van der Waals surface area contributed by atoms with Crippen LogP contribution in [-0.4, -0.2) is 44.3 Å². The van der Waals surface area contributed by atoms with Crippen LogP contribution in [0, 0.1) is 0 Å². The van der Waals surface area contributed by atoms with E-state index in [1.165, 1.54) is 3.58 Å². The molecule has 0 saturated carbocycles. The molecule has 0 fully saturated rings. The fraction of sp³-hybridized carbons (Fsp3) is 0.526. The van der Waals surface area contributed by atoms with Crippen LogP contribution in [0.2, 0.25) is 0 Å². The van der Waals surface area contributed by atoms with Gasteiger partial charge in [0.25, 0.3) is 0 Å². The van der Waals surface area contributed by atoms with Gasteiger partial charge in [-0.15, -0.1) is 0 Å². The quantitative estimate of drug-likeness (QED) is 0.436. The van der Waals surface area contributed by atoms with Gasteiger partial charge in [-0.25, -0.2) is 0 Å². The van der Waals surface area contributed by atoms with Crippen LogP contribution in [0.5, 0.6) is 11.5 Å². The maximum Gasteiger partial charge on any atom is 0.320 e. The van der Waals surface area contributed by atoms with E-state index in [-0.39, 0.29) is 18.6 Å². The molecule has 0 spiro atoms. The summed E-state index contributed by atoms with van der Waals surface area (Å²) in [6.07, 6.45) is 5.57. The van der Waals surface area contributed by atoms with E-state index in [0.717, 1.165) is 24.8 Å². The molecule has 1 aliphatic rings. The topological polar surface area (TPSA) is 48.0 Å². The first kappa shape index (κ1) is 20.0. The predicted octanol–water partition coefficient (Wildman–Crippen LogP) is 3.94. The summed E-state index contributed by atoms with van der Waals surface area (Å²) in [5, 5.41) is 0. The number of halogens is 1. The highest BCUT2D eigenvalue weighted by Crippen LogP contribution is 2.31. The van der Waals surface area contributed by atoms with Gasteiger partial charge in [0.05, 0.1) is 27.4 Å². The van der Waals surface area contributed by atoms with Crippen molar-refractivity contribution in [3.8, 4) is 11.5 Å². The Morgan fingerprint density at radius 1 is 1.28 bits per heavy atom. The third kappa shape index (κ3) is 5.60. The van der Waals surface area contributed by atoms with Crippen molar-refractivity contribution in [1.29, 1.82) is 0 Å². The number of hydrogen-bond donors (Lipinski definition) is 0. The molecular formula is C19H26INO4. The number of carbonyl (C=O) groups excluding carboxylic acids is 1. The first-order chi connectivity index (χ1) is 12.1. The fourth-order valence-electron chi connectivity index (χ4n) is 3.04. The fourth-order valence-corrected chi connectivity index (χ4v) is 4.06. The van der Waals surface area contributed by atoms with Gasteiger partial charge in [0.15, 0.2) is 11.5 Å². The van der Waals surface area contributed by atoms with Gasteiger partial charge in [0, 0.05) is 16.2 Å². The Bertz CT molecular complexity index is 617. The highest BCUT2D eigenvalue weighted by atomic mass is 127. The SMILES string of the molecule is CCOC(=O)CN(Cc1ccc(OC)c(OC)c1)C1CCCC=C1I. The van der Waals surface area contributed by atoms with Gasteiger partial charge in [0.2, 0.25) is 0 Å². The molecule has 0 aromatic heterocycles. The van der Waals surface area contributed by atoms with Crippen LogP contribution in [0.3, 0.4) is 0 Å². The summed E-state index contributed by atoms with van der Waals surface area (Å²) < 4.78 is 17.2. The Labute approximate surface area is 163 Å². The van der Waals surface area contributed by atoms with Crippen molar-refractivity contribution in [2.75, 3.05) is 27.4 Å². The molecule has 2 rings (SSSR count). The molecule has 5 nitrogen and oxygen atoms in total. The third-order valence-corrected chi connectivity index (χ3v) is 5.41. The molecule has 0 heterocycles. The normalized spacial score (nSPS) is 17.2. The summed E-state index contributed by atoms with van der Waals surface area (Å²) in [7, 11) is 3.25. The van der Waals surface area contributed by atoms with E-state index in [4.69, 9.17) is 14.2 Å². The Hall–Kier alpha value is -1.28. The van der Waals surface area contributed by atoms with E-state index in [1.54, 1.807) is 14.2 Å². The summed E-state index contributed by atoms with van der Waals surface area (Å²) in [4.78, 5) is 14.3. The average Bonchev–Trinajstić information content (AvgIpc) is 2.61. The van der Waals surface area contributed by atoms with Crippen molar-refractivity contribution in [1.82, 2.24) is 4.90 Å². The van der Waals surface area contributed by atoms with E-state index in [9.17, 15) is 4.79 Å². The van der Waals surface area contributed by atoms with Crippen molar-refractivity contribution in [2.24, 2.45) is 0 Å². The van der Waals surface area contributed by atoms with E-state index >= 15 is 0 Å². The largest absolute Gasteiger partial charge is 0.493 e. The van der Waals surface area contributed by atoms with E-state index in [0.29, 0.717) is 24.7 Å². The van der Waals surface area contributed by atoms with Crippen LogP contribution in [-0.2, 0) is 16.1 Å². The molecule has 25 heavy (non-hydrogen) atoms. The van der Waals surface area contributed by atoms with E-state index < -0.39 is 0 Å². The standard InChI is InChI=1S/C19H26INO4/c1-4-25-19(22)13-21(16-8-6-5-7-15(16)20)12-14-9-10-17(23-2)18(11-14)24-3/h7,9-11,16H,4-6,8,12-13H2,1-3H3. The van der Waals surface area contributed by atoms with Crippen molar-refractivity contribution >= 4 is 28.6 Å². The Morgan fingerprint density at radius 3 is 2.68 bits per heavy atom. The lowest BCUT2D eigenvalue weighted by molar-refractivity contribution is -0.145. The number of nitrogens with zero attached hydrogens (tertiary/aromatic N) is 1. The minimum Gasteiger partial charge on any atom is -0.493 e. The zero-order valence-corrected chi connectivity index (χ0v) is 17.2. The van der Waals surface area contributed by atoms with Crippen LogP contribution in [0.15, 0.2) is 27.9 Å². The summed E-state index contributed by atoms with van der Waals surface area (Å²) in [5.41, 5.74) is 1.08. The summed E-state index contributed by atoms with van der Waals surface area (Å²) in [5.74, 6) is 1.22. The number of hydrogen-bond acceptors (Lipinski definition) is 5. The second-order valence-corrected chi connectivity index (χ2v) is 7.18. The molecule has 6 heteroatoms. The number of esters is 1. The molecule has 0 radical (unpaired) electrons. The number of carbonyl (C=O) groups is 1. The lowest BCUT2D eigenvalue weighted by Gasteiger charge is -2.33. The van der Waals surface area contributed by atoms with Crippen LogP contribution in [0.4, 0.5) is 0 Å². The average molecular weight is 459 g/mol. The highest BCUT2D eigenvalue weighted by Gasteiger charge is 2.26. The Kier molecular flexibility index (Phi) is 8.02. The summed E-state index contributed by atoms with van der Waals surface area (Å²) >= 11 is 2.39. The maximum absolute atomic E-state index is 12.1. The smallest absolute Gasteiger partial charge is 0.320 e. The van der Waals surface area contributed by atoms with Gasteiger partial charge >= 0.3 is 5.97 Å². The number of benzene rings is 1. The first-order valence-corrected chi connectivity index (χ1v) is 9.63. The van der Waals surface area contributed by atoms with Gasteiger partial charge in [-0.3, -0.25) is 9.69 Å². The van der Waals surface area contributed by atoms with Crippen LogP contribution in [0.25, 0.3) is 0 Å². The van der Waals surface area contributed by atoms with E-state index in [1.807, 2.05) is 25.1 Å².